The van der Waals surface area contributed by atoms with Crippen LogP contribution in [0.5, 0.6) is 0 Å². The van der Waals surface area contributed by atoms with Crippen LogP contribution in [0.2, 0.25) is 0 Å². The smallest absolute Gasteiger partial charge is 0.164 e. The molecule has 1 heterocycles. The molecule has 0 radical (unpaired) electrons. The van der Waals surface area contributed by atoms with Crippen molar-refractivity contribution in [3.05, 3.63) is 53.4 Å². The van der Waals surface area contributed by atoms with Crippen LogP contribution in [0, 0.1) is 11.6 Å². The number of rotatable bonds is 3. The summed E-state index contributed by atoms with van der Waals surface area (Å²) in [6, 6.07) is 4.98. The fraction of sp³-hybridized carbons (Fsp3) is 0.182. The van der Waals surface area contributed by atoms with Crippen LogP contribution in [0.25, 0.3) is 0 Å². The van der Waals surface area contributed by atoms with Crippen LogP contribution >= 0.6 is 0 Å². The van der Waals surface area contributed by atoms with Crippen LogP contribution in [-0.4, -0.2) is 9.78 Å². The van der Waals surface area contributed by atoms with Gasteiger partial charge < -0.3 is 0 Å². The summed E-state index contributed by atoms with van der Waals surface area (Å²) in [4.78, 5) is 0. The summed E-state index contributed by atoms with van der Waals surface area (Å²) in [5.41, 5.74) is 3.09. The Bertz CT molecular complexity index is 524. The molecule has 3 N–H and O–H groups in total. The molecule has 4 nitrogen and oxygen atoms in total. The van der Waals surface area contributed by atoms with E-state index in [4.69, 9.17) is 5.84 Å². The average molecular weight is 238 g/mol. The van der Waals surface area contributed by atoms with Gasteiger partial charge in [-0.2, -0.15) is 5.10 Å². The Hall–Kier alpha value is -1.79. The van der Waals surface area contributed by atoms with Crippen molar-refractivity contribution in [3.63, 3.8) is 0 Å². The van der Waals surface area contributed by atoms with Crippen molar-refractivity contribution >= 4 is 0 Å². The van der Waals surface area contributed by atoms with E-state index in [2.05, 4.69) is 10.5 Å². The Morgan fingerprint density at radius 3 is 2.71 bits per heavy atom. The quantitative estimate of drug-likeness (QED) is 0.625. The number of nitrogens with two attached hydrogens (primary N) is 1. The lowest BCUT2D eigenvalue weighted by Gasteiger charge is -2.14. The maximum atomic E-state index is 13.6. The van der Waals surface area contributed by atoms with Crippen LogP contribution in [-0.2, 0) is 7.05 Å². The van der Waals surface area contributed by atoms with Crippen molar-refractivity contribution in [2.75, 3.05) is 0 Å². The molecule has 2 rings (SSSR count). The van der Waals surface area contributed by atoms with Gasteiger partial charge in [0.25, 0.3) is 0 Å². The molecule has 1 unspecified atom stereocenters. The normalized spacial score (nSPS) is 12.7. The molecule has 0 aliphatic rings. The minimum Gasteiger partial charge on any atom is -0.275 e. The molecule has 0 aliphatic carbocycles. The summed E-state index contributed by atoms with van der Waals surface area (Å²) >= 11 is 0. The monoisotopic (exact) mass is 238 g/mol. The molecule has 1 aromatic carbocycles. The molecule has 90 valence electrons. The fourth-order valence-corrected chi connectivity index (χ4v) is 1.66. The maximum Gasteiger partial charge on any atom is 0.164 e. The number of hydrogen-bond acceptors (Lipinski definition) is 3. The van der Waals surface area contributed by atoms with Gasteiger partial charge in [-0.15, -0.1) is 0 Å². The van der Waals surface area contributed by atoms with Gasteiger partial charge in [0.15, 0.2) is 11.6 Å². The number of benzene rings is 1. The zero-order valence-electron chi connectivity index (χ0n) is 9.19. The number of hydrazine groups is 1. The lowest BCUT2D eigenvalue weighted by molar-refractivity contribution is 0.480. The number of aromatic nitrogens is 2. The summed E-state index contributed by atoms with van der Waals surface area (Å²) < 4.78 is 28.3. The Labute approximate surface area is 97.0 Å². The molecule has 0 spiro atoms. The van der Waals surface area contributed by atoms with Crippen molar-refractivity contribution in [1.82, 2.24) is 15.2 Å². The first-order chi connectivity index (χ1) is 8.13. The molecule has 0 saturated carbocycles. The molecule has 0 amide bonds. The number of halogens is 2. The largest absolute Gasteiger partial charge is 0.275 e. The van der Waals surface area contributed by atoms with Crippen molar-refractivity contribution in [2.24, 2.45) is 12.9 Å². The number of aryl methyl sites for hydroxylation is 1. The van der Waals surface area contributed by atoms with Gasteiger partial charge >= 0.3 is 0 Å². The molecule has 0 aliphatic heterocycles. The van der Waals surface area contributed by atoms with Crippen molar-refractivity contribution in [3.8, 4) is 0 Å². The zero-order chi connectivity index (χ0) is 12.4. The predicted molar refractivity (Wildman–Crippen MR) is 58.7 cm³/mol. The molecular weight excluding hydrogens is 226 g/mol. The van der Waals surface area contributed by atoms with E-state index in [-0.39, 0.29) is 5.56 Å². The van der Waals surface area contributed by atoms with E-state index < -0.39 is 17.7 Å². The first-order valence-corrected chi connectivity index (χ1v) is 5.03. The van der Waals surface area contributed by atoms with Crippen LogP contribution in [0.15, 0.2) is 30.5 Å². The second kappa shape index (κ2) is 4.60. The van der Waals surface area contributed by atoms with Gasteiger partial charge in [-0.05, 0) is 12.1 Å². The fourth-order valence-electron chi connectivity index (χ4n) is 1.66. The first-order valence-electron chi connectivity index (χ1n) is 5.03. The average Bonchev–Trinajstić information content (AvgIpc) is 2.72. The van der Waals surface area contributed by atoms with Crippen molar-refractivity contribution in [1.29, 1.82) is 0 Å². The Morgan fingerprint density at radius 1 is 1.35 bits per heavy atom. The molecule has 0 saturated heterocycles. The molecule has 17 heavy (non-hydrogen) atoms. The van der Waals surface area contributed by atoms with Gasteiger partial charge in [0.05, 0.1) is 11.7 Å². The van der Waals surface area contributed by atoms with E-state index in [1.165, 1.54) is 12.1 Å². The van der Waals surface area contributed by atoms with Gasteiger partial charge in [0.2, 0.25) is 0 Å². The third-order valence-electron chi connectivity index (χ3n) is 2.49. The Kier molecular flexibility index (Phi) is 3.16. The lowest BCUT2D eigenvalue weighted by atomic mass is 10.0. The van der Waals surface area contributed by atoms with E-state index in [0.717, 1.165) is 6.07 Å². The SMILES string of the molecule is Cn1ccc(C(NN)c2cccc(F)c2F)n1. The third-order valence-corrected chi connectivity index (χ3v) is 2.49. The zero-order valence-corrected chi connectivity index (χ0v) is 9.19. The summed E-state index contributed by atoms with van der Waals surface area (Å²) in [5.74, 6) is 3.56. The topological polar surface area (TPSA) is 55.9 Å². The van der Waals surface area contributed by atoms with E-state index in [9.17, 15) is 8.78 Å². The number of nitrogens with one attached hydrogen (secondary N) is 1. The van der Waals surface area contributed by atoms with E-state index in [0.29, 0.717) is 5.69 Å². The van der Waals surface area contributed by atoms with Gasteiger partial charge in [0, 0.05) is 18.8 Å². The van der Waals surface area contributed by atoms with E-state index in [1.54, 1.807) is 24.0 Å². The highest BCUT2D eigenvalue weighted by Gasteiger charge is 2.20. The minimum absolute atomic E-state index is 0.131. The Balaban J connectivity index is 2.45. The van der Waals surface area contributed by atoms with E-state index in [1.807, 2.05) is 0 Å². The highest BCUT2D eigenvalue weighted by molar-refractivity contribution is 5.29. The molecular formula is C11H12F2N4. The van der Waals surface area contributed by atoms with Crippen LogP contribution in [0.4, 0.5) is 8.78 Å². The molecule has 1 aromatic heterocycles. The summed E-state index contributed by atoms with van der Waals surface area (Å²) in [6.07, 6.45) is 1.71. The highest BCUT2D eigenvalue weighted by atomic mass is 19.2. The standard InChI is InChI=1S/C11H12F2N4/c1-17-6-5-9(16-17)11(15-14)7-3-2-4-8(12)10(7)13/h2-6,11,15H,14H2,1H3. The molecule has 0 bridgehead atoms. The Morgan fingerprint density at radius 2 is 2.12 bits per heavy atom. The van der Waals surface area contributed by atoms with E-state index >= 15 is 0 Å². The van der Waals surface area contributed by atoms with Crippen LogP contribution in [0.3, 0.4) is 0 Å². The number of nitrogens with zero attached hydrogens (tertiary/aromatic N) is 2. The van der Waals surface area contributed by atoms with Gasteiger partial charge in [-0.3, -0.25) is 10.5 Å². The second-order valence-corrected chi connectivity index (χ2v) is 3.66. The van der Waals surface area contributed by atoms with Gasteiger partial charge in [-0.25, -0.2) is 14.2 Å². The summed E-state index contributed by atoms with van der Waals surface area (Å²) in [6.45, 7) is 0. The number of hydrogen-bond donors (Lipinski definition) is 2. The minimum atomic E-state index is -0.916. The van der Waals surface area contributed by atoms with Gasteiger partial charge in [-0.1, -0.05) is 12.1 Å². The van der Waals surface area contributed by atoms with Crippen molar-refractivity contribution < 1.29 is 8.78 Å². The second-order valence-electron chi connectivity index (χ2n) is 3.66. The van der Waals surface area contributed by atoms with Gasteiger partial charge in [0.1, 0.15) is 0 Å². The van der Waals surface area contributed by atoms with Crippen LogP contribution in [0.1, 0.15) is 17.3 Å². The van der Waals surface area contributed by atoms with Crippen molar-refractivity contribution in [2.45, 2.75) is 6.04 Å². The predicted octanol–water partition coefficient (Wildman–Crippen LogP) is 1.25. The molecule has 0 fully saturated rings. The maximum absolute atomic E-state index is 13.6. The summed E-state index contributed by atoms with van der Waals surface area (Å²) in [7, 11) is 1.74. The molecule has 1 atom stereocenters. The van der Waals surface area contributed by atoms with Crippen LogP contribution < -0.4 is 11.3 Å². The first kappa shape index (κ1) is 11.7. The molecule has 6 heteroatoms. The summed E-state index contributed by atoms with van der Waals surface area (Å²) in [5, 5.41) is 4.11. The molecule has 2 aromatic rings. The third kappa shape index (κ3) is 2.17. The highest BCUT2D eigenvalue weighted by Crippen LogP contribution is 2.23. The lowest BCUT2D eigenvalue weighted by Crippen LogP contribution is -2.30.